The summed E-state index contributed by atoms with van der Waals surface area (Å²) in [6, 6.07) is 5.94. The van der Waals surface area contributed by atoms with Crippen molar-refractivity contribution in [1.29, 1.82) is 0 Å². The molecule has 1 aromatic carbocycles. The van der Waals surface area contributed by atoms with E-state index in [0.717, 1.165) is 54.1 Å². The minimum absolute atomic E-state index is 0.343. The highest BCUT2D eigenvalue weighted by Crippen LogP contribution is 2.33. The van der Waals surface area contributed by atoms with Crippen LogP contribution in [0.4, 0.5) is 0 Å². The van der Waals surface area contributed by atoms with Crippen molar-refractivity contribution in [3.8, 4) is 5.75 Å². The second-order valence-corrected chi connectivity index (χ2v) is 6.63. The third-order valence-corrected chi connectivity index (χ3v) is 4.25. The lowest BCUT2D eigenvalue weighted by atomic mass is 9.82. The quantitative estimate of drug-likeness (QED) is 0.853. The molecule has 3 heteroatoms. The summed E-state index contributed by atoms with van der Waals surface area (Å²) in [4.78, 5) is 0. The zero-order valence-electron chi connectivity index (χ0n) is 12.8. The summed E-state index contributed by atoms with van der Waals surface area (Å²) in [6.07, 6.45) is 3.99. The first-order valence-electron chi connectivity index (χ1n) is 7.74. The third kappa shape index (κ3) is 4.39. The third-order valence-electron chi connectivity index (χ3n) is 4.02. The van der Waals surface area contributed by atoms with E-state index >= 15 is 0 Å². The summed E-state index contributed by atoms with van der Waals surface area (Å²) in [6.45, 7) is 8.52. The topological polar surface area (TPSA) is 21.3 Å². The molecule has 1 saturated carbocycles. The molecule has 2 atom stereocenters. The SMILES string of the molecule is CCNCc1cc(Cl)ccc1OC1CC(C)CC(C)C1. The predicted octanol–water partition coefficient (Wildman–Crippen LogP) is 4.65. The minimum Gasteiger partial charge on any atom is -0.490 e. The van der Waals surface area contributed by atoms with Crippen LogP contribution in [0, 0.1) is 11.8 Å². The maximum atomic E-state index is 6.28. The van der Waals surface area contributed by atoms with Gasteiger partial charge in [0.1, 0.15) is 5.75 Å². The summed E-state index contributed by atoms with van der Waals surface area (Å²) in [5.41, 5.74) is 1.16. The van der Waals surface area contributed by atoms with Crippen LogP contribution in [0.15, 0.2) is 18.2 Å². The highest BCUT2D eigenvalue weighted by Gasteiger charge is 2.25. The van der Waals surface area contributed by atoms with Crippen molar-refractivity contribution in [3.05, 3.63) is 28.8 Å². The molecular formula is C17H26ClNO. The molecule has 2 unspecified atom stereocenters. The Morgan fingerprint density at radius 3 is 2.55 bits per heavy atom. The Kier molecular flexibility index (Phi) is 5.74. The van der Waals surface area contributed by atoms with E-state index in [0.29, 0.717) is 6.10 Å². The van der Waals surface area contributed by atoms with Gasteiger partial charge in [0, 0.05) is 17.1 Å². The van der Waals surface area contributed by atoms with Gasteiger partial charge in [0.25, 0.3) is 0 Å². The molecule has 0 aliphatic heterocycles. The zero-order chi connectivity index (χ0) is 14.5. The molecule has 0 aromatic heterocycles. The maximum Gasteiger partial charge on any atom is 0.124 e. The minimum atomic E-state index is 0.343. The van der Waals surface area contributed by atoms with E-state index in [1.54, 1.807) is 0 Å². The maximum absolute atomic E-state index is 6.28. The fraction of sp³-hybridized carbons (Fsp3) is 0.647. The Balaban J connectivity index is 2.07. The molecule has 0 radical (unpaired) electrons. The number of benzene rings is 1. The van der Waals surface area contributed by atoms with Crippen LogP contribution in [0.25, 0.3) is 0 Å². The fourth-order valence-corrected chi connectivity index (χ4v) is 3.40. The van der Waals surface area contributed by atoms with Crippen molar-refractivity contribution < 1.29 is 4.74 Å². The van der Waals surface area contributed by atoms with E-state index in [9.17, 15) is 0 Å². The van der Waals surface area contributed by atoms with Gasteiger partial charge in [0.2, 0.25) is 0 Å². The number of hydrogen-bond donors (Lipinski definition) is 1. The molecule has 2 nitrogen and oxygen atoms in total. The van der Waals surface area contributed by atoms with E-state index < -0.39 is 0 Å². The fourth-order valence-electron chi connectivity index (χ4n) is 3.21. The Morgan fingerprint density at radius 1 is 1.20 bits per heavy atom. The van der Waals surface area contributed by atoms with Gasteiger partial charge in [-0.15, -0.1) is 0 Å². The van der Waals surface area contributed by atoms with Crippen LogP contribution >= 0.6 is 11.6 Å². The second-order valence-electron chi connectivity index (χ2n) is 6.19. The summed E-state index contributed by atoms with van der Waals surface area (Å²) >= 11 is 6.10. The van der Waals surface area contributed by atoms with Gasteiger partial charge in [-0.2, -0.15) is 0 Å². The molecule has 20 heavy (non-hydrogen) atoms. The summed E-state index contributed by atoms with van der Waals surface area (Å²) in [5.74, 6) is 2.50. The van der Waals surface area contributed by atoms with Crippen molar-refractivity contribution >= 4 is 11.6 Å². The van der Waals surface area contributed by atoms with Gasteiger partial charge < -0.3 is 10.1 Å². The Hall–Kier alpha value is -0.730. The van der Waals surface area contributed by atoms with E-state index in [4.69, 9.17) is 16.3 Å². The number of halogens is 1. The van der Waals surface area contributed by atoms with Gasteiger partial charge in [0.05, 0.1) is 6.10 Å². The molecule has 0 heterocycles. The molecule has 0 spiro atoms. The first kappa shape index (κ1) is 15.7. The van der Waals surface area contributed by atoms with Crippen LogP contribution in [0.1, 0.15) is 45.6 Å². The standard InChI is InChI=1S/C17H26ClNO/c1-4-19-11-14-10-15(18)5-6-17(14)20-16-8-12(2)7-13(3)9-16/h5-6,10,12-13,16,19H,4,7-9,11H2,1-3H3. The van der Waals surface area contributed by atoms with E-state index in [1.807, 2.05) is 18.2 Å². The van der Waals surface area contributed by atoms with Crippen molar-refractivity contribution in [1.82, 2.24) is 5.32 Å². The average molecular weight is 296 g/mol. The summed E-state index contributed by atoms with van der Waals surface area (Å²) < 4.78 is 6.28. The highest BCUT2D eigenvalue weighted by atomic mass is 35.5. The molecule has 1 aromatic rings. The first-order valence-corrected chi connectivity index (χ1v) is 8.12. The van der Waals surface area contributed by atoms with Crippen LogP contribution < -0.4 is 10.1 Å². The Bertz CT molecular complexity index is 425. The number of nitrogens with one attached hydrogen (secondary N) is 1. The van der Waals surface area contributed by atoms with Crippen LogP contribution in [0.5, 0.6) is 5.75 Å². The van der Waals surface area contributed by atoms with Crippen LogP contribution in [0.2, 0.25) is 5.02 Å². The van der Waals surface area contributed by atoms with Crippen molar-refractivity contribution in [3.63, 3.8) is 0 Å². The molecule has 112 valence electrons. The smallest absolute Gasteiger partial charge is 0.124 e. The Morgan fingerprint density at radius 2 is 1.90 bits per heavy atom. The van der Waals surface area contributed by atoms with Gasteiger partial charge in [-0.3, -0.25) is 0 Å². The summed E-state index contributed by atoms with van der Waals surface area (Å²) in [7, 11) is 0. The molecule has 0 bridgehead atoms. The van der Waals surface area contributed by atoms with Crippen molar-refractivity contribution in [2.45, 2.75) is 52.7 Å². The van der Waals surface area contributed by atoms with Crippen molar-refractivity contribution in [2.24, 2.45) is 11.8 Å². The predicted molar refractivity (Wildman–Crippen MR) is 85.4 cm³/mol. The molecule has 2 rings (SSSR count). The lowest BCUT2D eigenvalue weighted by Gasteiger charge is -2.32. The lowest BCUT2D eigenvalue weighted by Crippen LogP contribution is -2.29. The first-order chi connectivity index (χ1) is 9.58. The van der Waals surface area contributed by atoms with Crippen LogP contribution in [-0.2, 0) is 6.54 Å². The monoisotopic (exact) mass is 295 g/mol. The normalized spacial score (nSPS) is 26.5. The van der Waals surface area contributed by atoms with Gasteiger partial charge in [0.15, 0.2) is 0 Å². The average Bonchev–Trinajstić information content (AvgIpc) is 2.38. The molecule has 0 amide bonds. The van der Waals surface area contributed by atoms with Crippen molar-refractivity contribution in [2.75, 3.05) is 6.54 Å². The van der Waals surface area contributed by atoms with Gasteiger partial charge in [-0.25, -0.2) is 0 Å². The van der Waals surface area contributed by atoms with E-state index in [2.05, 4.69) is 26.1 Å². The molecule has 1 aliphatic rings. The van der Waals surface area contributed by atoms with E-state index in [1.165, 1.54) is 6.42 Å². The highest BCUT2D eigenvalue weighted by molar-refractivity contribution is 6.30. The zero-order valence-corrected chi connectivity index (χ0v) is 13.5. The van der Waals surface area contributed by atoms with Gasteiger partial charge in [-0.05, 0) is 55.8 Å². The van der Waals surface area contributed by atoms with E-state index in [-0.39, 0.29) is 0 Å². The van der Waals surface area contributed by atoms with Crippen LogP contribution in [-0.4, -0.2) is 12.6 Å². The number of rotatable bonds is 5. The number of ether oxygens (including phenoxy) is 1. The Labute approximate surface area is 127 Å². The van der Waals surface area contributed by atoms with Crippen LogP contribution in [0.3, 0.4) is 0 Å². The molecular weight excluding hydrogens is 270 g/mol. The lowest BCUT2D eigenvalue weighted by molar-refractivity contribution is 0.0999. The summed E-state index contributed by atoms with van der Waals surface area (Å²) in [5, 5.41) is 4.12. The van der Waals surface area contributed by atoms with Gasteiger partial charge in [-0.1, -0.05) is 32.4 Å². The largest absolute Gasteiger partial charge is 0.490 e. The number of hydrogen-bond acceptors (Lipinski definition) is 2. The molecule has 1 aliphatic carbocycles. The second kappa shape index (κ2) is 7.33. The molecule has 0 saturated heterocycles. The van der Waals surface area contributed by atoms with Gasteiger partial charge >= 0.3 is 0 Å². The molecule has 1 fully saturated rings. The molecule has 1 N–H and O–H groups in total.